The van der Waals surface area contributed by atoms with Crippen LogP contribution >= 0.6 is 11.8 Å². The number of anilines is 1. The standard InChI is InChI=1S/C11H21N3S/c1-4-5-7-14-9(2)13-10(11(14)12)6-8-15-3/h4-8,12H2,1-3H3. The van der Waals surface area contributed by atoms with Crippen LogP contribution in [0.2, 0.25) is 0 Å². The first kappa shape index (κ1) is 12.4. The van der Waals surface area contributed by atoms with Crippen molar-refractivity contribution >= 4 is 17.6 Å². The Morgan fingerprint density at radius 2 is 2.20 bits per heavy atom. The Balaban J connectivity index is 2.74. The van der Waals surface area contributed by atoms with Crippen molar-refractivity contribution in [2.24, 2.45) is 0 Å². The first-order valence-electron chi connectivity index (χ1n) is 5.51. The number of aryl methyl sites for hydroxylation is 2. The summed E-state index contributed by atoms with van der Waals surface area (Å²) >= 11 is 1.83. The number of unbranched alkanes of at least 4 members (excludes halogenated alkanes) is 1. The molecule has 4 heteroatoms. The summed E-state index contributed by atoms with van der Waals surface area (Å²) in [7, 11) is 0. The number of rotatable bonds is 6. The van der Waals surface area contributed by atoms with Crippen molar-refractivity contribution in [3.05, 3.63) is 11.5 Å². The molecule has 1 aromatic heterocycles. The number of nitrogens with zero attached hydrogens (tertiary/aromatic N) is 2. The summed E-state index contributed by atoms with van der Waals surface area (Å²) in [6, 6.07) is 0. The average Bonchev–Trinajstić information content (AvgIpc) is 2.49. The molecule has 0 saturated heterocycles. The molecular weight excluding hydrogens is 206 g/mol. The minimum absolute atomic E-state index is 0.870. The van der Waals surface area contributed by atoms with E-state index < -0.39 is 0 Å². The van der Waals surface area contributed by atoms with Gasteiger partial charge in [0.25, 0.3) is 0 Å². The third kappa shape index (κ3) is 3.16. The third-order valence-electron chi connectivity index (χ3n) is 2.55. The van der Waals surface area contributed by atoms with Gasteiger partial charge in [-0.05, 0) is 25.4 Å². The molecule has 0 aliphatic carbocycles. The quantitative estimate of drug-likeness (QED) is 0.812. The first-order valence-corrected chi connectivity index (χ1v) is 6.90. The molecule has 0 aliphatic rings. The fraction of sp³-hybridized carbons (Fsp3) is 0.727. The highest BCUT2D eigenvalue weighted by Gasteiger charge is 2.10. The van der Waals surface area contributed by atoms with Gasteiger partial charge in [-0.15, -0.1) is 0 Å². The van der Waals surface area contributed by atoms with Crippen molar-refractivity contribution in [1.82, 2.24) is 9.55 Å². The third-order valence-corrected chi connectivity index (χ3v) is 3.16. The van der Waals surface area contributed by atoms with Crippen LogP contribution in [0.25, 0.3) is 0 Å². The molecule has 0 amide bonds. The molecule has 86 valence electrons. The molecule has 3 nitrogen and oxygen atoms in total. The van der Waals surface area contributed by atoms with E-state index >= 15 is 0 Å². The Kier molecular flexibility index (Phi) is 5.02. The molecule has 1 heterocycles. The zero-order valence-corrected chi connectivity index (χ0v) is 10.7. The molecule has 0 bridgehead atoms. The van der Waals surface area contributed by atoms with E-state index in [0.29, 0.717) is 0 Å². The van der Waals surface area contributed by atoms with E-state index in [0.717, 1.165) is 36.1 Å². The molecule has 0 aliphatic heterocycles. The Labute approximate surface area is 96.5 Å². The maximum absolute atomic E-state index is 6.08. The molecule has 0 atom stereocenters. The SMILES string of the molecule is CCCCn1c(C)nc(CCSC)c1N. The number of hydrogen-bond donors (Lipinski definition) is 1. The van der Waals surface area contributed by atoms with Crippen molar-refractivity contribution in [1.29, 1.82) is 0 Å². The maximum atomic E-state index is 6.08. The molecule has 1 rings (SSSR count). The van der Waals surface area contributed by atoms with Gasteiger partial charge in [-0.2, -0.15) is 11.8 Å². The Morgan fingerprint density at radius 1 is 1.47 bits per heavy atom. The second-order valence-corrected chi connectivity index (χ2v) is 4.72. The van der Waals surface area contributed by atoms with Crippen molar-refractivity contribution < 1.29 is 0 Å². The van der Waals surface area contributed by atoms with Crippen LogP contribution in [0.1, 0.15) is 31.3 Å². The van der Waals surface area contributed by atoms with E-state index in [4.69, 9.17) is 5.73 Å². The monoisotopic (exact) mass is 227 g/mol. The van der Waals surface area contributed by atoms with Crippen LogP contribution in [-0.2, 0) is 13.0 Å². The van der Waals surface area contributed by atoms with Crippen LogP contribution in [0.3, 0.4) is 0 Å². The fourth-order valence-electron chi connectivity index (χ4n) is 1.62. The molecule has 1 aromatic rings. The van der Waals surface area contributed by atoms with E-state index in [1.54, 1.807) is 0 Å². The van der Waals surface area contributed by atoms with E-state index in [9.17, 15) is 0 Å². The van der Waals surface area contributed by atoms with Crippen LogP contribution in [0.4, 0.5) is 5.82 Å². The van der Waals surface area contributed by atoms with Crippen LogP contribution in [0.5, 0.6) is 0 Å². The van der Waals surface area contributed by atoms with Crippen LogP contribution in [-0.4, -0.2) is 21.6 Å². The van der Waals surface area contributed by atoms with E-state index in [1.807, 2.05) is 18.7 Å². The second-order valence-electron chi connectivity index (χ2n) is 3.74. The van der Waals surface area contributed by atoms with Gasteiger partial charge < -0.3 is 10.3 Å². The lowest BCUT2D eigenvalue weighted by Gasteiger charge is -2.06. The number of nitrogens with two attached hydrogens (primary N) is 1. The van der Waals surface area contributed by atoms with Gasteiger partial charge in [0, 0.05) is 13.0 Å². The molecule has 0 spiro atoms. The summed E-state index contributed by atoms with van der Waals surface area (Å²) in [4.78, 5) is 4.53. The minimum atomic E-state index is 0.870. The predicted octanol–water partition coefficient (Wildman–Crippen LogP) is 2.48. The summed E-state index contributed by atoms with van der Waals surface area (Å²) in [5.74, 6) is 3.01. The van der Waals surface area contributed by atoms with Crippen molar-refractivity contribution in [3.63, 3.8) is 0 Å². The number of thioether (sulfide) groups is 1. The lowest BCUT2D eigenvalue weighted by molar-refractivity contribution is 0.622. The highest BCUT2D eigenvalue weighted by Crippen LogP contribution is 2.16. The first-order chi connectivity index (χ1) is 7.20. The summed E-state index contributed by atoms with van der Waals surface area (Å²) in [5, 5.41) is 0. The summed E-state index contributed by atoms with van der Waals surface area (Å²) in [6.45, 7) is 5.23. The number of nitrogen functional groups attached to an aromatic ring is 1. The van der Waals surface area contributed by atoms with Gasteiger partial charge in [0.15, 0.2) is 0 Å². The van der Waals surface area contributed by atoms with E-state index in [2.05, 4.69) is 22.7 Å². The Bertz CT molecular complexity index is 307. The van der Waals surface area contributed by atoms with Crippen LogP contribution < -0.4 is 5.73 Å². The molecular formula is C11H21N3S. The second kappa shape index (κ2) is 6.05. The molecule has 0 radical (unpaired) electrons. The molecule has 0 aromatic carbocycles. The van der Waals surface area contributed by atoms with Crippen molar-refractivity contribution in [2.45, 2.75) is 39.7 Å². The summed E-state index contributed by atoms with van der Waals surface area (Å²) in [6.07, 6.45) is 5.45. The Hall–Kier alpha value is -0.640. The van der Waals surface area contributed by atoms with Crippen LogP contribution in [0.15, 0.2) is 0 Å². The maximum Gasteiger partial charge on any atom is 0.126 e. The van der Waals surface area contributed by atoms with Gasteiger partial charge in [0.05, 0.1) is 5.69 Å². The fourth-order valence-corrected chi connectivity index (χ4v) is 2.02. The number of aromatic nitrogens is 2. The highest BCUT2D eigenvalue weighted by atomic mass is 32.2. The zero-order chi connectivity index (χ0) is 11.3. The van der Waals surface area contributed by atoms with Crippen molar-refractivity contribution in [3.8, 4) is 0 Å². The average molecular weight is 227 g/mol. The van der Waals surface area contributed by atoms with Gasteiger partial charge in [-0.3, -0.25) is 0 Å². The highest BCUT2D eigenvalue weighted by molar-refractivity contribution is 7.98. The lowest BCUT2D eigenvalue weighted by atomic mass is 10.3. The smallest absolute Gasteiger partial charge is 0.126 e. The van der Waals surface area contributed by atoms with Gasteiger partial charge in [-0.25, -0.2) is 4.98 Å². The van der Waals surface area contributed by atoms with E-state index in [-0.39, 0.29) is 0 Å². The summed E-state index contributed by atoms with van der Waals surface area (Å²) in [5.41, 5.74) is 7.14. The molecule has 15 heavy (non-hydrogen) atoms. The van der Waals surface area contributed by atoms with E-state index in [1.165, 1.54) is 12.8 Å². The number of hydrogen-bond acceptors (Lipinski definition) is 3. The van der Waals surface area contributed by atoms with Crippen molar-refractivity contribution in [2.75, 3.05) is 17.7 Å². The molecule has 0 fully saturated rings. The molecule has 0 saturated carbocycles. The predicted molar refractivity (Wildman–Crippen MR) is 68.4 cm³/mol. The van der Waals surface area contributed by atoms with Gasteiger partial charge in [0.2, 0.25) is 0 Å². The minimum Gasteiger partial charge on any atom is -0.384 e. The largest absolute Gasteiger partial charge is 0.384 e. The van der Waals surface area contributed by atoms with Gasteiger partial charge in [-0.1, -0.05) is 13.3 Å². The normalized spacial score (nSPS) is 10.9. The van der Waals surface area contributed by atoms with Gasteiger partial charge in [0.1, 0.15) is 11.6 Å². The lowest BCUT2D eigenvalue weighted by Crippen LogP contribution is -2.05. The Morgan fingerprint density at radius 3 is 2.80 bits per heavy atom. The zero-order valence-electron chi connectivity index (χ0n) is 9.92. The molecule has 0 unspecified atom stereocenters. The van der Waals surface area contributed by atoms with Crippen LogP contribution in [0, 0.1) is 6.92 Å². The van der Waals surface area contributed by atoms with Gasteiger partial charge >= 0.3 is 0 Å². The molecule has 2 N–H and O–H groups in total. The topological polar surface area (TPSA) is 43.8 Å². The number of imidazole rings is 1. The summed E-state index contributed by atoms with van der Waals surface area (Å²) < 4.78 is 2.14.